The summed E-state index contributed by atoms with van der Waals surface area (Å²) in [4.78, 5) is 13.7. The molecule has 2 fully saturated rings. The topological polar surface area (TPSA) is 49.8 Å². The molecule has 4 nitrogen and oxygen atoms in total. The molecule has 2 heterocycles. The Morgan fingerprint density at radius 1 is 1.53 bits per heavy atom. The maximum absolute atomic E-state index is 11.9. The van der Waals surface area contributed by atoms with E-state index in [1.807, 2.05) is 13.8 Å². The fraction of sp³-hybridized carbons (Fsp3) is 0.909. The number of ether oxygens (including phenoxy) is 1. The third-order valence-corrected chi connectivity index (χ3v) is 3.43. The van der Waals surface area contributed by atoms with E-state index in [4.69, 9.17) is 4.74 Å². The molecule has 1 amide bonds. The highest BCUT2D eigenvalue weighted by Gasteiger charge is 2.59. The smallest absolute Gasteiger partial charge is 0.233 e. The van der Waals surface area contributed by atoms with Crippen LogP contribution in [0.2, 0.25) is 0 Å². The van der Waals surface area contributed by atoms with Crippen molar-refractivity contribution >= 4 is 5.91 Å². The van der Waals surface area contributed by atoms with E-state index in [2.05, 4.69) is 0 Å². The Bertz CT molecular complexity index is 285. The van der Waals surface area contributed by atoms with Crippen molar-refractivity contribution in [3.05, 3.63) is 0 Å². The first kappa shape index (κ1) is 10.9. The molecule has 86 valence electrons. The first-order valence-electron chi connectivity index (χ1n) is 5.44. The molecule has 4 heteroatoms. The van der Waals surface area contributed by atoms with E-state index >= 15 is 0 Å². The summed E-state index contributed by atoms with van der Waals surface area (Å²) < 4.78 is 5.55. The zero-order valence-electron chi connectivity index (χ0n) is 9.78. The first-order chi connectivity index (χ1) is 6.75. The van der Waals surface area contributed by atoms with Crippen LogP contribution in [0.5, 0.6) is 0 Å². The van der Waals surface area contributed by atoms with Gasteiger partial charge in [-0.3, -0.25) is 4.79 Å². The van der Waals surface area contributed by atoms with E-state index in [-0.39, 0.29) is 17.9 Å². The second-order valence-electron chi connectivity index (χ2n) is 5.49. The van der Waals surface area contributed by atoms with Gasteiger partial charge in [0, 0.05) is 0 Å². The van der Waals surface area contributed by atoms with Crippen LogP contribution in [-0.2, 0) is 9.53 Å². The monoisotopic (exact) mass is 213 g/mol. The number of amides is 1. The average Bonchev–Trinajstić information content (AvgIpc) is 1.97. The Morgan fingerprint density at radius 3 is 2.67 bits per heavy atom. The van der Waals surface area contributed by atoms with Crippen LogP contribution in [0.25, 0.3) is 0 Å². The first-order valence-corrected chi connectivity index (χ1v) is 5.44. The minimum absolute atomic E-state index is 0.0113. The van der Waals surface area contributed by atoms with Crippen LogP contribution in [-0.4, -0.2) is 39.9 Å². The van der Waals surface area contributed by atoms with Crippen LogP contribution < -0.4 is 0 Å². The molecule has 0 aromatic carbocycles. The van der Waals surface area contributed by atoms with Gasteiger partial charge in [-0.2, -0.15) is 0 Å². The van der Waals surface area contributed by atoms with E-state index in [0.717, 1.165) is 6.42 Å². The molecule has 0 aliphatic carbocycles. The van der Waals surface area contributed by atoms with Crippen LogP contribution in [0, 0.1) is 5.92 Å². The lowest BCUT2D eigenvalue weighted by Gasteiger charge is -2.60. The normalized spacial score (nSPS) is 34.7. The Morgan fingerprint density at radius 2 is 2.13 bits per heavy atom. The average molecular weight is 213 g/mol. The summed E-state index contributed by atoms with van der Waals surface area (Å²) in [6.07, 6.45) is 0.823. The molecule has 0 radical (unpaired) electrons. The van der Waals surface area contributed by atoms with Crippen molar-refractivity contribution in [1.82, 2.24) is 4.90 Å². The summed E-state index contributed by atoms with van der Waals surface area (Å²) in [6.45, 7) is 7.87. The lowest BCUT2D eigenvalue weighted by atomic mass is 9.73. The summed E-state index contributed by atoms with van der Waals surface area (Å²) >= 11 is 0. The van der Waals surface area contributed by atoms with E-state index in [1.54, 1.807) is 18.7 Å². The zero-order valence-corrected chi connectivity index (χ0v) is 9.78. The molecule has 2 atom stereocenters. The zero-order chi connectivity index (χ0) is 11.4. The Labute approximate surface area is 90.2 Å². The van der Waals surface area contributed by atoms with Gasteiger partial charge in [0.2, 0.25) is 5.91 Å². The van der Waals surface area contributed by atoms with Crippen molar-refractivity contribution < 1.29 is 14.6 Å². The van der Waals surface area contributed by atoms with Gasteiger partial charge in [0.25, 0.3) is 0 Å². The molecule has 0 spiro atoms. The number of fused-ring (bicyclic) bond motifs is 1. The van der Waals surface area contributed by atoms with Gasteiger partial charge in [0.1, 0.15) is 5.72 Å². The highest BCUT2D eigenvalue weighted by Crippen LogP contribution is 2.44. The van der Waals surface area contributed by atoms with Gasteiger partial charge in [-0.1, -0.05) is 0 Å². The predicted octanol–water partition coefficient (Wildman–Crippen LogP) is 0.741. The van der Waals surface area contributed by atoms with Gasteiger partial charge in [-0.05, 0) is 34.1 Å². The second-order valence-corrected chi connectivity index (χ2v) is 5.49. The fourth-order valence-corrected chi connectivity index (χ4v) is 2.78. The highest BCUT2D eigenvalue weighted by atomic mass is 16.5. The quantitative estimate of drug-likeness (QED) is 0.654. The molecule has 1 N–H and O–H groups in total. The summed E-state index contributed by atoms with van der Waals surface area (Å²) in [5, 5.41) is 9.93. The third kappa shape index (κ3) is 1.47. The number of hydrogen-bond donors (Lipinski definition) is 1. The molecule has 0 unspecified atom stereocenters. The number of carbonyl (C=O) groups excluding carboxylic acids is 1. The van der Waals surface area contributed by atoms with Gasteiger partial charge in [-0.25, -0.2) is 0 Å². The fourth-order valence-electron chi connectivity index (χ4n) is 2.78. The molecule has 0 saturated carbocycles. The van der Waals surface area contributed by atoms with Crippen LogP contribution >= 0.6 is 0 Å². The van der Waals surface area contributed by atoms with Crippen molar-refractivity contribution in [2.45, 2.75) is 51.5 Å². The minimum Gasteiger partial charge on any atom is -0.390 e. The molecular weight excluding hydrogens is 194 g/mol. The number of carbonyl (C=O) groups is 1. The molecule has 2 saturated heterocycles. The largest absolute Gasteiger partial charge is 0.390 e. The molecule has 2 aliphatic rings. The molecule has 2 rings (SSSR count). The van der Waals surface area contributed by atoms with Crippen LogP contribution in [0.4, 0.5) is 0 Å². The highest BCUT2D eigenvalue weighted by molar-refractivity contribution is 5.88. The minimum atomic E-state index is -0.925. The molecule has 2 aliphatic heterocycles. The second kappa shape index (κ2) is 2.95. The van der Waals surface area contributed by atoms with Crippen molar-refractivity contribution in [2.24, 2.45) is 5.92 Å². The molecule has 0 aromatic heterocycles. The van der Waals surface area contributed by atoms with Crippen LogP contribution in [0.1, 0.15) is 34.1 Å². The number of hydrogen-bond acceptors (Lipinski definition) is 3. The standard InChI is InChI=1S/C11H19NO3/c1-10(2,14)8-7-5-6-15-11(3,4)12(7)9(8)13/h7-8,14H,5-6H2,1-4H3/t7-,8+/m1/s1. The lowest BCUT2D eigenvalue weighted by Crippen LogP contribution is -2.75. The predicted molar refractivity (Wildman–Crippen MR) is 55.1 cm³/mol. The van der Waals surface area contributed by atoms with Crippen LogP contribution in [0.15, 0.2) is 0 Å². The third-order valence-electron chi connectivity index (χ3n) is 3.43. The van der Waals surface area contributed by atoms with Crippen molar-refractivity contribution in [3.63, 3.8) is 0 Å². The lowest BCUT2D eigenvalue weighted by molar-refractivity contribution is -0.248. The molecule has 15 heavy (non-hydrogen) atoms. The van der Waals surface area contributed by atoms with Crippen molar-refractivity contribution in [3.8, 4) is 0 Å². The molecule has 0 aromatic rings. The van der Waals surface area contributed by atoms with Gasteiger partial charge in [0.05, 0.1) is 24.2 Å². The van der Waals surface area contributed by atoms with Gasteiger partial charge in [-0.15, -0.1) is 0 Å². The maximum Gasteiger partial charge on any atom is 0.233 e. The number of β-lactam (4-membered cyclic amide) rings is 1. The van der Waals surface area contributed by atoms with E-state index < -0.39 is 11.3 Å². The van der Waals surface area contributed by atoms with Crippen molar-refractivity contribution in [1.29, 1.82) is 0 Å². The summed E-state index contributed by atoms with van der Waals surface area (Å²) in [6, 6.07) is 0.140. The molecular formula is C11H19NO3. The van der Waals surface area contributed by atoms with E-state index in [9.17, 15) is 9.90 Å². The number of aliphatic hydroxyl groups is 1. The number of rotatable bonds is 1. The summed E-state index contributed by atoms with van der Waals surface area (Å²) in [5.74, 6) is -0.252. The van der Waals surface area contributed by atoms with Gasteiger partial charge < -0.3 is 14.7 Å². The van der Waals surface area contributed by atoms with Gasteiger partial charge in [0.15, 0.2) is 0 Å². The molecule has 0 bridgehead atoms. The number of nitrogens with zero attached hydrogens (tertiary/aromatic N) is 1. The Balaban J connectivity index is 2.22. The van der Waals surface area contributed by atoms with Crippen molar-refractivity contribution in [2.75, 3.05) is 6.61 Å². The SMILES string of the molecule is CC(C)(O)[C@@H]1C(=O)N2[C@@H]1CCOC2(C)C. The summed E-state index contributed by atoms with van der Waals surface area (Å²) in [5.41, 5.74) is -1.44. The van der Waals surface area contributed by atoms with Gasteiger partial charge >= 0.3 is 0 Å². The van der Waals surface area contributed by atoms with E-state index in [1.165, 1.54) is 0 Å². The summed E-state index contributed by atoms with van der Waals surface area (Å²) in [7, 11) is 0. The maximum atomic E-state index is 11.9. The van der Waals surface area contributed by atoms with Crippen LogP contribution in [0.3, 0.4) is 0 Å². The Hall–Kier alpha value is -0.610. The van der Waals surface area contributed by atoms with E-state index in [0.29, 0.717) is 6.61 Å². The Kier molecular flexibility index (Phi) is 2.14.